The van der Waals surface area contributed by atoms with E-state index in [2.05, 4.69) is 4.98 Å². The van der Waals surface area contributed by atoms with Gasteiger partial charge in [-0.3, -0.25) is 9.20 Å². The van der Waals surface area contributed by atoms with E-state index in [1.165, 1.54) is 7.11 Å². The van der Waals surface area contributed by atoms with Crippen LogP contribution in [0.5, 0.6) is 0 Å². The highest BCUT2D eigenvalue weighted by molar-refractivity contribution is 6.11. The van der Waals surface area contributed by atoms with Crippen molar-refractivity contribution in [2.45, 2.75) is 0 Å². The van der Waals surface area contributed by atoms with Crippen LogP contribution in [0.4, 0.5) is 0 Å². The van der Waals surface area contributed by atoms with Crippen LogP contribution < -0.4 is 0 Å². The predicted octanol–water partition coefficient (Wildman–Crippen LogP) is 6.84. The van der Waals surface area contributed by atoms with Crippen LogP contribution in [0.3, 0.4) is 0 Å². The van der Waals surface area contributed by atoms with Crippen molar-refractivity contribution >= 4 is 28.0 Å². The Morgan fingerprint density at radius 1 is 0.757 bits per heavy atom. The molecule has 6 aromatic rings. The molecule has 0 saturated heterocycles. The summed E-state index contributed by atoms with van der Waals surface area (Å²) in [4.78, 5) is 30.9. The first-order valence-electron chi connectivity index (χ1n) is 11.9. The average molecular weight is 483 g/mol. The van der Waals surface area contributed by atoms with E-state index in [4.69, 9.17) is 4.74 Å². The van der Waals surface area contributed by atoms with Gasteiger partial charge in [-0.1, -0.05) is 97.1 Å². The van der Waals surface area contributed by atoms with Gasteiger partial charge in [0.1, 0.15) is 6.33 Å². The standard InChI is InChI=1S/C32H22N2O3/c1-37-32(36)27-18-30(31(35)24-16-14-22(15-17-24)21-8-3-2-4-9-21)34-20-33-28(19-29(27)34)26-13-7-11-23-10-5-6-12-25(23)26/h2-20H,1H3. The fourth-order valence-corrected chi connectivity index (χ4v) is 4.74. The van der Waals surface area contributed by atoms with Crippen molar-refractivity contribution in [1.82, 2.24) is 9.38 Å². The van der Waals surface area contributed by atoms with Gasteiger partial charge in [0.05, 0.1) is 29.6 Å². The SMILES string of the molecule is COC(=O)c1cc(C(=O)c2ccc(-c3ccccc3)cc2)n2cnc(-c3cccc4ccccc34)cc12. The summed E-state index contributed by atoms with van der Waals surface area (Å²) in [5, 5.41) is 2.16. The first-order chi connectivity index (χ1) is 18.1. The molecule has 0 radical (unpaired) electrons. The van der Waals surface area contributed by atoms with Crippen LogP contribution in [0.1, 0.15) is 26.4 Å². The van der Waals surface area contributed by atoms with E-state index < -0.39 is 5.97 Å². The molecule has 178 valence electrons. The lowest BCUT2D eigenvalue weighted by Crippen LogP contribution is -2.05. The number of hydrogen-bond acceptors (Lipinski definition) is 4. The summed E-state index contributed by atoms with van der Waals surface area (Å²) >= 11 is 0. The summed E-state index contributed by atoms with van der Waals surface area (Å²) in [5.41, 5.74) is 5.50. The van der Waals surface area contributed by atoms with E-state index in [0.29, 0.717) is 28.0 Å². The van der Waals surface area contributed by atoms with E-state index in [0.717, 1.165) is 27.5 Å². The van der Waals surface area contributed by atoms with Gasteiger partial charge in [0.25, 0.3) is 0 Å². The van der Waals surface area contributed by atoms with Crippen molar-refractivity contribution in [3.8, 4) is 22.4 Å². The van der Waals surface area contributed by atoms with Gasteiger partial charge in [-0.2, -0.15) is 0 Å². The molecule has 4 aromatic carbocycles. The molecule has 5 heteroatoms. The Bertz CT molecular complexity index is 1780. The molecule has 0 amide bonds. The van der Waals surface area contributed by atoms with Gasteiger partial charge in [0, 0.05) is 11.1 Å². The predicted molar refractivity (Wildman–Crippen MR) is 145 cm³/mol. The summed E-state index contributed by atoms with van der Waals surface area (Å²) < 4.78 is 6.70. The van der Waals surface area contributed by atoms with Gasteiger partial charge in [-0.05, 0) is 34.0 Å². The Morgan fingerprint density at radius 2 is 1.46 bits per heavy atom. The van der Waals surface area contributed by atoms with E-state index >= 15 is 0 Å². The molecule has 0 saturated carbocycles. The van der Waals surface area contributed by atoms with Crippen LogP contribution >= 0.6 is 0 Å². The first kappa shape index (κ1) is 22.4. The summed E-state index contributed by atoms with van der Waals surface area (Å²) in [6.07, 6.45) is 1.60. The number of esters is 1. The Kier molecular flexibility index (Phi) is 5.58. The van der Waals surface area contributed by atoms with Crippen LogP contribution in [0.2, 0.25) is 0 Å². The number of benzene rings is 4. The van der Waals surface area contributed by atoms with Crippen LogP contribution in [0, 0.1) is 0 Å². The van der Waals surface area contributed by atoms with Crippen LogP contribution in [-0.4, -0.2) is 28.2 Å². The number of fused-ring (bicyclic) bond motifs is 2. The van der Waals surface area contributed by atoms with Gasteiger partial charge in [0.15, 0.2) is 0 Å². The summed E-state index contributed by atoms with van der Waals surface area (Å²) in [6, 6.07) is 35.0. The highest BCUT2D eigenvalue weighted by Crippen LogP contribution is 2.30. The number of ether oxygens (including phenoxy) is 1. The molecule has 0 N–H and O–H groups in total. The maximum atomic E-state index is 13.6. The molecule has 0 aliphatic rings. The third-order valence-electron chi connectivity index (χ3n) is 6.62. The van der Waals surface area contributed by atoms with Crippen LogP contribution in [0.25, 0.3) is 38.7 Å². The van der Waals surface area contributed by atoms with Crippen molar-refractivity contribution in [2.75, 3.05) is 7.11 Å². The third-order valence-corrected chi connectivity index (χ3v) is 6.62. The molecule has 0 aliphatic carbocycles. The summed E-state index contributed by atoms with van der Waals surface area (Å²) in [7, 11) is 1.34. The lowest BCUT2D eigenvalue weighted by Gasteiger charge is -2.08. The minimum atomic E-state index is -0.508. The Hall–Kier alpha value is -5.03. The van der Waals surface area contributed by atoms with Gasteiger partial charge in [0.2, 0.25) is 5.78 Å². The van der Waals surface area contributed by atoms with Crippen LogP contribution in [0.15, 0.2) is 116 Å². The number of rotatable bonds is 5. The smallest absolute Gasteiger partial charge is 0.340 e. The molecule has 37 heavy (non-hydrogen) atoms. The van der Waals surface area contributed by atoms with Gasteiger partial charge in [-0.15, -0.1) is 0 Å². The zero-order chi connectivity index (χ0) is 25.4. The fraction of sp³-hybridized carbons (Fsp3) is 0.0312. The van der Waals surface area contributed by atoms with Gasteiger partial charge in [-0.25, -0.2) is 9.78 Å². The second-order valence-corrected chi connectivity index (χ2v) is 8.76. The highest BCUT2D eigenvalue weighted by atomic mass is 16.5. The van der Waals surface area contributed by atoms with Crippen LogP contribution in [-0.2, 0) is 4.74 Å². The quantitative estimate of drug-likeness (QED) is 0.199. The molecule has 2 aromatic heterocycles. The second kappa shape index (κ2) is 9.21. The molecular weight excluding hydrogens is 460 g/mol. The van der Waals surface area contributed by atoms with Gasteiger partial charge >= 0.3 is 5.97 Å². The number of hydrogen-bond donors (Lipinski definition) is 0. The van der Waals surface area contributed by atoms with Crippen molar-refractivity contribution in [3.63, 3.8) is 0 Å². The summed E-state index contributed by atoms with van der Waals surface area (Å²) in [5.74, 6) is -0.712. The average Bonchev–Trinajstić information content (AvgIpc) is 3.35. The second-order valence-electron chi connectivity index (χ2n) is 8.76. The molecular formula is C32H22N2O3. The minimum absolute atomic E-state index is 0.204. The molecule has 2 heterocycles. The van der Waals surface area contributed by atoms with Crippen molar-refractivity contribution in [1.29, 1.82) is 0 Å². The number of ketones is 1. The zero-order valence-electron chi connectivity index (χ0n) is 20.1. The lowest BCUT2D eigenvalue weighted by molar-refractivity contribution is 0.0603. The van der Waals surface area contributed by atoms with Crippen molar-refractivity contribution in [3.05, 3.63) is 132 Å². The normalized spacial score (nSPS) is 11.1. The van der Waals surface area contributed by atoms with E-state index in [1.54, 1.807) is 28.9 Å². The molecule has 0 spiro atoms. The molecule has 5 nitrogen and oxygen atoms in total. The lowest BCUT2D eigenvalue weighted by atomic mass is 10.0. The number of nitrogens with zero attached hydrogens (tertiary/aromatic N) is 2. The van der Waals surface area contributed by atoms with Gasteiger partial charge < -0.3 is 4.74 Å². The number of carbonyl (C=O) groups excluding carboxylic acids is 2. The largest absolute Gasteiger partial charge is 0.465 e. The molecule has 0 bridgehead atoms. The third kappa shape index (κ3) is 3.96. The number of carbonyl (C=O) groups is 2. The summed E-state index contributed by atoms with van der Waals surface area (Å²) in [6.45, 7) is 0. The molecule has 0 aliphatic heterocycles. The molecule has 0 unspecified atom stereocenters. The Balaban J connectivity index is 1.45. The topological polar surface area (TPSA) is 60.7 Å². The molecule has 0 atom stereocenters. The number of methoxy groups -OCH3 is 1. The Labute approximate surface area is 213 Å². The number of aromatic nitrogens is 2. The highest BCUT2D eigenvalue weighted by Gasteiger charge is 2.22. The van der Waals surface area contributed by atoms with E-state index in [1.807, 2.05) is 91.0 Å². The zero-order valence-corrected chi connectivity index (χ0v) is 20.1. The van der Waals surface area contributed by atoms with Crippen molar-refractivity contribution in [2.24, 2.45) is 0 Å². The molecule has 0 fully saturated rings. The minimum Gasteiger partial charge on any atom is -0.465 e. The monoisotopic (exact) mass is 482 g/mol. The van der Waals surface area contributed by atoms with Crippen molar-refractivity contribution < 1.29 is 14.3 Å². The first-order valence-corrected chi connectivity index (χ1v) is 11.9. The maximum Gasteiger partial charge on any atom is 0.340 e. The fourth-order valence-electron chi connectivity index (χ4n) is 4.74. The van der Waals surface area contributed by atoms with E-state index in [9.17, 15) is 9.59 Å². The molecule has 6 rings (SSSR count). The van der Waals surface area contributed by atoms with E-state index in [-0.39, 0.29) is 5.78 Å². The Morgan fingerprint density at radius 3 is 2.24 bits per heavy atom. The maximum absolute atomic E-state index is 13.6.